The van der Waals surface area contributed by atoms with Gasteiger partial charge >= 0.3 is 118 Å². The Balaban J connectivity index is 0.00000420. The van der Waals surface area contributed by atoms with E-state index in [1.807, 2.05) is 0 Å². The zero-order chi connectivity index (χ0) is 47.9. The van der Waals surface area contributed by atoms with Gasteiger partial charge in [-0.3, -0.25) is 18.2 Å². The molecule has 0 fully saturated rings. The number of hydrogen-bond donors (Lipinski definition) is 12. The van der Waals surface area contributed by atoms with Crippen molar-refractivity contribution in [2.75, 3.05) is 58.2 Å². The van der Waals surface area contributed by atoms with Gasteiger partial charge in [0.1, 0.15) is 9.79 Å². The van der Waals surface area contributed by atoms with Crippen LogP contribution in [0.3, 0.4) is 0 Å². The molecule has 4 aromatic carbocycles. The first-order valence-corrected chi connectivity index (χ1v) is 24.2. The Hall–Kier alpha value is -3.00. The summed E-state index contributed by atoms with van der Waals surface area (Å²) in [6, 6.07) is 17.3. The molecule has 26 nitrogen and oxygen atoms in total. The number of aliphatic hydroxyl groups is 2. The molecule has 0 aliphatic rings. The first kappa shape index (κ1) is 63.1. The number of hydrogen-bond acceptors (Lipinski definition) is 22. The van der Waals surface area contributed by atoms with E-state index in [2.05, 4.69) is 61.8 Å². The van der Waals surface area contributed by atoms with Gasteiger partial charge in [0.2, 0.25) is 35.7 Å². The van der Waals surface area contributed by atoms with Gasteiger partial charge in [0.15, 0.2) is 0 Å². The SMILES string of the molecule is O=S(=O)(O)c1cccc(Nc2nc(NCCO)nc(Nc3ccc(/C=C/c4ccc(Nc5nc(NCCO)nc(Nc6cccc(S(=O)(=O)O)c6)n5)cc4S(=O)(=O)O)c(S(=O)(=O)O)c3)n2)c1.[NaH].[NaH].[NaH].[NaH]. The van der Waals surface area contributed by atoms with E-state index in [4.69, 9.17) is 0 Å². The van der Waals surface area contributed by atoms with Gasteiger partial charge in [-0.05, 0) is 71.8 Å². The van der Waals surface area contributed by atoms with Crippen LogP contribution >= 0.6 is 0 Å². The summed E-state index contributed by atoms with van der Waals surface area (Å²) in [6.45, 7) is -0.641. The quantitative estimate of drug-likeness (QED) is 0.0280. The van der Waals surface area contributed by atoms with Gasteiger partial charge in [0, 0.05) is 35.8 Å². The molecule has 70 heavy (non-hydrogen) atoms. The second kappa shape index (κ2) is 27.3. The van der Waals surface area contributed by atoms with Crippen molar-refractivity contribution in [2.24, 2.45) is 0 Å². The van der Waals surface area contributed by atoms with Crippen molar-refractivity contribution in [2.45, 2.75) is 19.6 Å². The molecule has 0 amide bonds. The summed E-state index contributed by atoms with van der Waals surface area (Å²) in [5, 5.41) is 35.1. The fraction of sp³-hybridized carbons (Fsp3) is 0.111. The first-order valence-electron chi connectivity index (χ1n) is 18.4. The number of nitrogens with zero attached hydrogens (tertiary/aromatic N) is 6. The van der Waals surface area contributed by atoms with Crippen LogP contribution < -0.4 is 31.9 Å². The third-order valence-electron chi connectivity index (χ3n) is 8.37. The fourth-order valence-electron chi connectivity index (χ4n) is 5.58. The zero-order valence-corrected chi connectivity index (χ0v) is 36.6. The van der Waals surface area contributed by atoms with Crippen LogP contribution in [0.1, 0.15) is 11.1 Å². The first-order chi connectivity index (χ1) is 31.1. The summed E-state index contributed by atoms with van der Waals surface area (Å²) in [5.74, 6) is -0.911. The number of anilines is 10. The molecule has 0 atom stereocenters. The topological polar surface area (TPSA) is 407 Å². The van der Waals surface area contributed by atoms with E-state index >= 15 is 0 Å². The number of benzene rings is 4. The van der Waals surface area contributed by atoms with Crippen LogP contribution in [0, 0.1) is 0 Å². The minimum atomic E-state index is -4.98. The molecule has 6 aromatic rings. The van der Waals surface area contributed by atoms with Crippen molar-refractivity contribution in [1.82, 2.24) is 29.9 Å². The molecular formula is C36H40N12Na4O14S4. The molecule has 0 saturated heterocycles. The van der Waals surface area contributed by atoms with Crippen molar-refractivity contribution >= 4 is 229 Å². The summed E-state index contributed by atoms with van der Waals surface area (Å²) >= 11 is 0. The predicted molar refractivity (Wildman–Crippen MR) is 266 cm³/mol. The van der Waals surface area contributed by atoms with E-state index in [9.17, 15) is 62.1 Å². The number of aromatic nitrogens is 6. The summed E-state index contributed by atoms with van der Waals surface area (Å²) in [7, 11) is -19.1. The van der Waals surface area contributed by atoms with Crippen molar-refractivity contribution in [3.63, 3.8) is 0 Å². The van der Waals surface area contributed by atoms with Crippen molar-refractivity contribution in [3.05, 3.63) is 96.1 Å². The zero-order valence-electron chi connectivity index (χ0n) is 33.3. The molecule has 0 bridgehead atoms. The van der Waals surface area contributed by atoms with Gasteiger partial charge in [-0.1, -0.05) is 36.4 Å². The Morgan fingerprint density at radius 1 is 0.400 bits per heavy atom. The maximum atomic E-state index is 12.6. The summed E-state index contributed by atoms with van der Waals surface area (Å²) in [6.07, 6.45) is 2.29. The van der Waals surface area contributed by atoms with E-state index in [1.54, 1.807) is 0 Å². The van der Waals surface area contributed by atoms with Crippen LogP contribution in [0.5, 0.6) is 0 Å². The van der Waals surface area contributed by atoms with Crippen molar-refractivity contribution in [3.8, 4) is 0 Å². The van der Waals surface area contributed by atoms with Gasteiger partial charge in [-0.15, -0.1) is 0 Å². The van der Waals surface area contributed by atoms with E-state index in [0.717, 1.165) is 48.6 Å². The molecule has 0 aliphatic heterocycles. The molecule has 0 spiro atoms. The number of rotatable bonds is 20. The van der Waals surface area contributed by atoms with Gasteiger partial charge in [-0.25, -0.2) is 0 Å². The third kappa shape index (κ3) is 18.5. The Morgan fingerprint density at radius 3 is 0.986 bits per heavy atom. The Labute approximate surface area is 489 Å². The molecule has 0 unspecified atom stereocenters. The summed E-state index contributed by atoms with van der Waals surface area (Å²) < 4.78 is 136. The fourth-order valence-corrected chi connectivity index (χ4v) is 8.05. The molecule has 6 rings (SSSR count). The second-order valence-electron chi connectivity index (χ2n) is 13.2. The Morgan fingerprint density at radius 2 is 0.700 bits per heavy atom. The van der Waals surface area contributed by atoms with Gasteiger partial charge in [0.05, 0.1) is 23.0 Å². The molecule has 0 aliphatic carbocycles. The van der Waals surface area contributed by atoms with Gasteiger partial charge in [-0.2, -0.15) is 63.6 Å². The van der Waals surface area contributed by atoms with Crippen LogP contribution in [-0.2, 0) is 40.5 Å². The second-order valence-corrected chi connectivity index (χ2v) is 18.8. The molecule has 34 heteroatoms. The monoisotopic (exact) mass is 1080 g/mol. The van der Waals surface area contributed by atoms with E-state index < -0.39 is 60.1 Å². The molecule has 0 radical (unpaired) electrons. The van der Waals surface area contributed by atoms with E-state index in [-0.39, 0.29) is 214 Å². The molecule has 2 aromatic heterocycles. The van der Waals surface area contributed by atoms with Crippen LogP contribution in [0.25, 0.3) is 12.2 Å². The Kier molecular flexibility index (Phi) is 24.6. The van der Waals surface area contributed by atoms with Crippen molar-refractivity contribution in [1.29, 1.82) is 0 Å². The van der Waals surface area contributed by atoms with Crippen molar-refractivity contribution < 1.29 is 62.1 Å². The molecule has 2 heterocycles. The van der Waals surface area contributed by atoms with Crippen LogP contribution in [0.2, 0.25) is 0 Å². The predicted octanol–water partition coefficient (Wildman–Crippen LogP) is 0.403. The van der Waals surface area contributed by atoms with Crippen LogP contribution in [0.15, 0.2) is 105 Å². The van der Waals surface area contributed by atoms with Crippen LogP contribution in [0.4, 0.5) is 58.4 Å². The molecule has 356 valence electrons. The molecular weight excluding hydrogens is 1040 g/mol. The minimum absolute atomic E-state index is 0. The van der Waals surface area contributed by atoms with E-state index in [1.165, 1.54) is 48.5 Å². The van der Waals surface area contributed by atoms with Gasteiger partial charge in [0.25, 0.3) is 40.5 Å². The standard InChI is InChI=1S/C36H36N12O14S4.4Na.4H/c49-15-13-37-31-43-33(39-23-3-1-5-27(17-23)63(51,52)53)47-35(45-31)41-25-11-9-21(29(19-25)65(57,58)59)7-8-22-10-12-26(20-30(22)66(60,61)62)42-36-46-32(38-14-16-50)44-34(48-36)40-24-4-2-6-28(18-24)64(54,55)56;;;;;;;;/h1-12,17-20,49-50H,13-16H2,(H,51,52,53)(H,54,55,56)(H,57,58,59)(H,60,61,62)(H3,37,39,41,43,45,47)(H3,38,40,42,44,46,48);;;;;;;;/b8-7+;;;;;;;;. The number of aliphatic hydroxyl groups excluding tert-OH is 2. The normalized spacial score (nSPS) is 11.5. The maximum absolute atomic E-state index is 12.6. The van der Waals surface area contributed by atoms with Crippen LogP contribution in [-0.4, -0.2) is 237 Å². The van der Waals surface area contributed by atoms with Gasteiger partial charge < -0.3 is 42.1 Å². The molecule has 0 saturated carbocycles. The summed E-state index contributed by atoms with van der Waals surface area (Å²) in [4.78, 5) is 22.9. The molecule has 12 N–H and O–H groups in total. The van der Waals surface area contributed by atoms with E-state index in [0.29, 0.717) is 0 Å². The third-order valence-corrected chi connectivity index (χ3v) is 11.9. The average molecular weight is 1090 g/mol. The Bertz CT molecular complexity index is 3080. The summed E-state index contributed by atoms with van der Waals surface area (Å²) in [5.41, 5.74) is -0.00857. The number of nitrogens with one attached hydrogen (secondary N) is 6. The average Bonchev–Trinajstić information content (AvgIpc) is 3.23.